The van der Waals surface area contributed by atoms with Gasteiger partial charge in [-0.3, -0.25) is 14.5 Å². The molecule has 0 aliphatic carbocycles. The van der Waals surface area contributed by atoms with Gasteiger partial charge in [0.05, 0.1) is 0 Å². The molecule has 3 aromatic carbocycles. The Morgan fingerprint density at radius 1 is 0.750 bits per heavy atom. The van der Waals surface area contributed by atoms with Gasteiger partial charge in [0.15, 0.2) is 0 Å². The van der Waals surface area contributed by atoms with Crippen molar-refractivity contribution < 1.29 is 9.59 Å². The molecule has 32 heavy (non-hydrogen) atoms. The number of para-hydroxylation sites is 1. The summed E-state index contributed by atoms with van der Waals surface area (Å²) in [6.45, 7) is 6.07. The summed E-state index contributed by atoms with van der Waals surface area (Å²) in [6, 6.07) is 25.1. The second-order valence-corrected chi connectivity index (χ2v) is 8.14. The van der Waals surface area contributed by atoms with Gasteiger partial charge in [-0.25, -0.2) is 0 Å². The Bertz CT molecular complexity index is 1040. The van der Waals surface area contributed by atoms with Crippen LogP contribution in [0.4, 0.5) is 5.69 Å². The van der Waals surface area contributed by atoms with Crippen molar-refractivity contribution in [1.82, 2.24) is 9.80 Å². The molecule has 164 valence electrons. The van der Waals surface area contributed by atoms with Gasteiger partial charge in [-0.1, -0.05) is 49.4 Å². The van der Waals surface area contributed by atoms with Crippen LogP contribution in [-0.2, 0) is 13.0 Å². The molecule has 0 atom stereocenters. The van der Waals surface area contributed by atoms with Gasteiger partial charge in [0, 0.05) is 49.5 Å². The van der Waals surface area contributed by atoms with E-state index in [9.17, 15) is 9.59 Å². The first-order valence-corrected chi connectivity index (χ1v) is 11.2. The van der Waals surface area contributed by atoms with Crippen LogP contribution in [0.15, 0.2) is 78.9 Å². The smallest absolute Gasteiger partial charge is 0.255 e. The molecule has 4 rings (SSSR count). The maximum Gasteiger partial charge on any atom is 0.255 e. The number of benzene rings is 3. The third-order valence-corrected chi connectivity index (χ3v) is 5.92. The fraction of sp³-hybridized carbons (Fsp3) is 0.259. The molecule has 0 radical (unpaired) electrons. The van der Waals surface area contributed by atoms with E-state index in [4.69, 9.17) is 0 Å². The van der Waals surface area contributed by atoms with E-state index in [1.54, 1.807) is 0 Å². The van der Waals surface area contributed by atoms with Crippen molar-refractivity contribution >= 4 is 17.5 Å². The minimum absolute atomic E-state index is 0.109. The largest absolute Gasteiger partial charge is 0.336 e. The van der Waals surface area contributed by atoms with Gasteiger partial charge < -0.3 is 10.2 Å². The van der Waals surface area contributed by atoms with E-state index >= 15 is 0 Å². The molecule has 5 heteroatoms. The quantitative estimate of drug-likeness (QED) is 0.632. The zero-order chi connectivity index (χ0) is 22.3. The highest BCUT2D eigenvalue weighted by atomic mass is 16.2. The van der Waals surface area contributed by atoms with Gasteiger partial charge in [-0.05, 0) is 53.9 Å². The predicted molar refractivity (Wildman–Crippen MR) is 128 cm³/mol. The average Bonchev–Trinajstić information content (AvgIpc) is 2.85. The molecule has 2 amide bonds. The summed E-state index contributed by atoms with van der Waals surface area (Å²) in [5.41, 5.74) is 4.60. The Labute approximate surface area is 189 Å². The number of carbonyl (C=O) groups excluding carboxylic acids is 2. The lowest BCUT2D eigenvalue weighted by atomic mass is 10.1. The molecule has 1 N–H and O–H groups in total. The highest BCUT2D eigenvalue weighted by Crippen LogP contribution is 2.14. The van der Waals surface area contributed by atoms with Crippen molar-refractivity contribution in [3.63, 3.8) is 0 Å². The van der Waals surface area contributed by atoms with Gasteiger partial charge in [-0.15, -0.1) is 0 Å². The molecule has 1 heterocycles. The summed E-state index contributed by atoms with van der Waals surface area (Å²) >= 11 is 0. The summed E-state index contributed by atoms with van der Waals surface area (Å²) < 4.78 is 0. The maximum absolute atomic E-state index is 12.8. The lowest BCUT2D eigenvalue weighted by Gasteiger charge is -2.34. The van der Waals surface area contributed by atoms with Crippen molar-refractivity contribution in [2.75, 3.05) is 31.5 Å². The van der Waals surface area contributed by atoms with E-state index in [1.807, 2.05) is 83.8 Å². The first-order valence-electron chi connectivity index (χ1n) is 11.2. The molecule has 1 aliphatic heterocycles. The second-order valence-electron chi connectivity index (χ2n) is 8.14. The lowest BCUT2D eigenvalue weighted by Crippen LogP contribution is -2.48. The fourth-order valence-electron chi connectivity index (χ4n) is 3.92. The van der Waals surface area contributed by atoms with Crippen LogP contribution in [0.5, 0.6) is 0 Å². The van der Waals surface area contributed by atoms with Gasteiger partial charge >= 0.3 is 0 Å². The maximum atomic E-state index is 12.8. The molecule has 5 nitrogen and oxygen atoms in total. The molecular formula is C27H29N3O2. The highest BCUT2D eigenvalue weighted by Gasteiger charge is 2.22. The Morgan fingerprint density at radius 3 is 1.97 bits per heavy atom. The first-order chi connectivity index (χ1) is 15.6. The Morgan fingerprint density at radius 2 is 1.34 bits per heavy atom. The first kappa shape index (κ1) is 21.8. The van der Waals surface area contributed by atoms with Crippen LogP contribution in [0.3, 0.4) is 0 Å². The van der Waals surface area contributed by atoms with Crippen molar-refractivity contribution in [3.8, 4) is 0 Å². The number of nitrogens with zero attached hydrogens (tertiary/aromatic N) is 2. The van der Waals surface area contributed by atoms with Gasteiger partial charge in [-0.2, -0.15) is 0 Å². The number of nitrogens with one attached hydrogen (secondary N) is 1. The van der Waals surface area contributed by atoms with Crippen molar-refractivity contribution in [3.05, 3.63) is 101 Å². The predicted octanol–water partition coefficient (Wildman–Crippen LogP) is 4.46. The number of piperazine rings is 1. The summed E-state index contributed by atoms with van der Waals surface area (Å²) in [4.78, 5) is 29.5. The van der Waals surface area contributed by atoms with Crippen molar-refractivity contribution in [1.29, 1.82) is 0 Å². The van der Waals surface area contributed by atoms with E-state index in [0.717, 1.165) is 56.0 Å². The van der Waals surface area contributed by atoms with Crippen molar-refractivity contribution in [2.24, 2.45) is 0 Å². The molecule has 0 unspecified atom stereocenters. The number of amides is 2. The van der Waals surface area contributed by atoms with Crippen LogP contribution in [0.2, 0.25) is 0 Å². The molecule has 1 aliphatic rings. The molecule has 0 bridgehead atoms. The van der Waals surface area contributed by atoms with Gasteiger partial charge in [0.2, 0.25) is 0 Å². The second kappa shape index (κ2) is 10.2. The topological polar surface area (TPSA) is 52.7 Å². The fourth-order valence-corrected chi connectivity index (χ4v) is 3.92. The molecule has 0 saturated carbocycles. The number of carbonyl (C=O) groups is 2. The summed E-state index contributed by atoms with van der Waals surface area (Å²) in [7, 11) is 0. The van der Waals surface area contributed by atoms with Crippen LogP contribution in [0.1, 0.15) is 38.8 Å². The van der Waals surface area contributed by atoms with Crippen molar-refractivity contribution in [2.45, 2.75) is 19.9 Å². The zero-order valence-corrected chi connectivity index (χ0v) is 18.5. The normalized spacial score (nSPS) is 14.2. The van der Waals surface area contributed by atoms with Gasteiger partial charge in [0.1, 0.15) is 0 Å². The Balaban J connectivity index is 1.27. The third-order valence-electron chi connectivity index (χ3n) is 5.92. The summed E-state index contributed by atoms with van der Waals surface area (Å²) in [5, 5.41) is 2.91. The summed E-state index contributed by atoms with van der Waals surface area (Å²) in [5.74, 6) is 0.00271. The van der Waals surface area contributed by atoms with Crippen LogP contribution >= 0.6 is 0 Å². The molecule has 0 aromatic heterocycles. The number of hydrogen-bond acceptors (Lipinski definition) is 3. The molecule has 3 aromatic rings. The molecule has 1 saturated heterocycles. The van der Waals surface area contributed by atoms with Crippen LogP contribution in [0, 0.1) is 0 Å². The number of rotatable bonds is 6. The number of aryl methyl sites for hydroxylation is 1. The lowest BCUT2D eigenvalue weighted by molar-refractivity contribution is 0.0628. The van der Waals surface area contributed by atoms with Crippen LogP contribution in [0.25, 0.3) is 0 Å². The number of anilines is 1. The van der Waals surface area contributed by atoms with E-state index in [-0.39, 0.29) is 11.8 Å². The Kier molecular flexibility index (Phi) is 6.97. The number of hydrogen-bond donors (Lipinski definition) is 1. The minimum atomic E-state index is -0.109. The van der Waals surface area contributed by atoms with E-state index < -0.39 is 0 Å². The molecular weight excluding hydrogens is 398 g/mol. The molecule has 1 fully saturated rings. The summed E-state index contributed by atoms with van der Waals surface area (Å²) in [6.07, 6.45) is 0.978. The SMILES string of the molecule is CCc1ccc(C(=O)N2CCN(Cc3ccc(C(=O)Nc4ccccc4)cc3)CC2)cc1. The van der Waals surface area contributed by atoms with E-state index in [1.165, 1.54) is 5.56 Å². The minimum Gasteiger partial charge on any atom is -0.336 e. The van der Waals surface area contributed by atoms with Crippen LogP contribution in [-0.4, -0.2) is 47.8 Å². The van der Waals surface area contributed by atoms with Gasteiger partial charge in [0.25, 0.3) is 11.8 Å². The monoisotopic (exact) mass is 427 g/mol. The Hall–Kier alpha value is -3.44. The van der Waals surface area contributed by atoms with E-state index in [2.05, 4.69) is 17.1 Å². The van der Waals surface area contributed by atoms with E-state index in [0.29, 0.717) is 5.56 Å². The zero-order valence-electron chi connectivity index (χ0n) is 18.5. The average molecular weight is 428 g/mol. The third kappa shape index (κ3) is 5.42. The highest BCUT2D eigenvalue weighted by molar-refractivity contribution is 6.04. The molecule has 0 spiro atoms. The standard InChI is InChI=1S/C27H29N3O2/c1-2-21-8-14-24(15-9-21)27(32)30-18-16-29(17-19-30)20-22-10-12-23(13-11-22)26(31)28-25-6-4-3-5-7-25/h3-15H,2,16-20H2,1H3,(H,28,31). The van der Waals surface area contributed by atoms with Crippen LogP contribution < -0.4 is 5.32 Å².